The third-order valence-corrected chi connectivity index (χ3v) is 14.9. The standard InChI is InChI=1S/C35H41F2N3O5S2Si/c1-34(2,3)48(26-14-9-7-10-15-26,27-16-11-8-12-17-27)45-21-13-20-35(36,37)32(42)40-31-29(39-33(46-6)47-31)30(41)38-23-24-18-19-25(43-4)22-28(24)44-5/h7-12,14-19,22H,13,20-21,23H2,1-6H3,(H,38,41)(H,40,42). The van der Waals surface area contributed by atoms with Crippen molar-refractivity contribution in [1.82, 2.24) is 10.3 Å². The van der Waals surface area contributed by atoms with E-state index < -0.39 is 32.5 Å². The second-order valence-electron chi connectivity index (χ2n) is 12.0. The molecule has 0 aliphatic rings. The molecule has 4 aromatic rings. The number of anilines is 1. The van der Waals surface area contributed by atoms with Crippen LogP contribution in [0.3, 0.4) is 0 Å². The second kappa shape index (κ2) is 16.1. The van der Waals surface area contributed by atoms with E-state index in [2.05, 4.69) is 36.4 Å². The molecule has 1 heterocycles. The lowest BCUT2D eigenvalue weighted by atomic mass is 10.2. The van der Waals surface area contributed by atoms with Crippen LogP contribution in [0.1, 0.15) is 49.7 Å². The normalized spacial score (nSPS) is 12.0. The van der Waals surface area contributed by atoms with E-state index >= 15 is 8.78 Å². The molecule has 4 rings (SSSR count). The highest BCUT2D eigenvalue weighted by atomic mass is 32.2. The van der Waals surface area contributed by atoms with Crippen molar-refractivity contribution >= 4 is 58.6 Å². The first-order valence-corrected chi connectivity index (χ1v) is 19.3. The Balaban J connectivity index is 1.44. The fourth-order valence-corrected chi connectivity index (χ4v) is 11.5. The number of aromatic nitrogens is 1. The molecule has 256 valence electrons. The molecule has 0 fully saturated rings. The number of benzene rings is 3. The molecule has 0 bridgehead atoms. The zero-order chi connectivity index (χ0) is 35.0. The average molecular weight is 714 g/mol. The Bertz CT molecular complexity index is 1650. The number of hydrogen-bond donors (Lipinski definition) is 2. The molecular weight excluding hydrogens is 673 g/mol. The van der Waals surface area contributed by atoms with Gasteiger partial charge in [0, 0.05) is 31.2 Å². The molecule has 0 atom stereocenters. The highest BCUT2D eigenvalue weighted by molar-refractivity contribution is 8.00. The largest absolute Gasteiger partial charge is 0.497 e. The first-order chi connectivity index (χ1) is 22.9. The van der Waals surface area contributed by atoms with Crippen LogP contribution in [0.5, 0.6) is 11.5 Å². The smallest absolute Gasteiger partial charge is 0.325 e. The van der Waals surface area contributed by atoms with Crippen molar-refractivity contribution in [2.75, 3.05) is 32.4 Å². The van der Waals surface area contributed by atoms with Crippen LogP contribution in [0.2, 0.25) is 5.04 Å². The number of thiazole rings is 1. The lowest BCUT2D eigenvalue weighted by Crippen LogP contribution is -2.66. The third kappa shape index (κ3) is 8.43. The molecule has 3 aromatic carbocycles. The maximum Gasteiger partial charge on any atom is 0.325 e. The van der Waals surface area contributed by atoms with Gasteiger partial charge in [-0.2, -0.15) is 8.78 Å². The first kappa shape index (κ1) is 37.0. The van der Waals surface area contributed by atoms with Crippen molar-refractivity contribution in [1.29, 1.82) is 0 Å². The SMILES string of the molecule is COc1ccc(CNC(=O)c2nc(SC)sc2NC(=O)C(F)(F)CCCO[Si](c2ccccc2)(c2ccccc2)C(C)(C)C)c(OC)c1. The summed E-state index contributed by atoms with van der Waals surface area (Å²) in [6, 6.07) is 25.0. The van der Waals surface area contributed by atoms with Crippen LogP contribution in [0.4, 0.5) is 13.8 Å². The van der Waals surface area contributed by atoms with Gasteiger partial charge in [0.1, 0.15) is 16.5 Å². The molecule has 13 heteroatoms. The molecular formula is C35H41F2N3O5S2Si. The highest BCUT2D eigenvalue weighted by Gasteiger charge is 2.50. The van der Waals surface area contributed by atoms with Gasteiger partial charge in [0.2, 0.25) is 0 Å². The van der Waals surface area contributed by atoms with Gasteiger partial charge in [0.15, 0.2) is 10.0 Å². The maximum atomic E-state index is 15.3. The van der Waals surface area contributed by atoms with Gasteiger partial charge in [0.25, 0.3) is 20.1 Å². The number of nitrogens with one attached hydrogen (secondary N) is 2. The summed E-state index contributed by atoms with van der Waals surface area (Å²) in [5, 5.41) is 6.73. The Morgan fingerprint density at radius 2 is 1.56 bits per heavy atom. The molecule has 0 saturated carbocycles. The van der Waals surface area contributed by atoms with Crippen molar-refractivity contribution in [3.8, 4) is 11.5 Å². The number of alkyl halides is 2. The summed E-state index contributed by atoms with van der Waals surface area (Å²) >= 11 is 2.20. The van der Waals surface area contributed by atoms with Crippen molar-refractivity contribution in [2.45, 2.75) is 55.5 Å². The van der Waals surface area contributed by atoms with E-state index in [0.717, 1.165) is 21.7 Å². The quantitative estimate of drug-likeness (QED) is 0.0800. The predicted molar refractivity (Wildman–Crippen MR) is 191 cm³/mol. The lowest BCUT2D eigenvalue weighted by Gasteiger charge is -2.43. The zero-order valence-electron chi connectivity index (χ0n) is 27.9. The number of nitrogens with zero attached hydrogens (tertiary/aromatic N) is 1. The van der Waals surface area contributed by atoms with Gasteiger partial charge >= 0.3 is 5.92 Å². The Labute approximate surface area is 289 Å². The van der Waals surface area contributed by atoms with Crippen molar-refractivity contribution in [2.24, 2.45) is 0 Å². The summed E-state index contributed by atoms with van der Waals surface area (Å²) in [4.78, 5) is 30.4. The van der Waals surface area contributed by atoms with E-state index in [1.807, 2.05) is 60.7 Å². The summed E-state index contributed by atoms with van der Waals surface area (Å²) in [6.07, 6.45) is 0.958. The number of carbonyl (C=O) groups excluding carboxylic acids is 2. The van der Waals surface area contributed by atoms with Crippen LogP contribution in [0.25, 0.3) is 0 Å². The second-order valence-corrected chi connectivity index (χ2v) is 18.4. The minimum Gasteiger partial charge on any atom is -0.497 e. The number of amides is 2. The summed E-state index contributed by atoms with van der Waals surface area (Å²) in [5.74, 6) is -4.75. The summed E-state index contributed by atoms with van der Waals surface area (Å²) < 4.78 is 48.4. The number of rotatable bonds is 15. The number of ether oxygens (including phenoxy) is 2. The Morgan fingerprint density at radius 1 is 0.938 bits per heavy atom. The number of halogens is 2. The van der Waals surface area contributed by atoms with Crippen molar-refractivity contribution < 1.29 is 32.3 Å². The zero-order valence-corrected chi connectivity index (χ0v) is 30.5. The molecule has 0 unspecified atom stereocenters. The van der Waals surface area contributed by atoms with Crippen molar-refractivity contribution in [3.05, 3.63) is 90.1 Å². The van der Waals surface area contributed by atoms with Gasteiger partial charge in [0.05, 0.1) is 14.2 Å². The number of thioether (sulfide) groups is 1. The Kier molecular flexibility index (Phi) is 12.4. The van der Waals surface area contributed by atoms with E-state index in [-0.39, 0.29) is 35.3 Å². The Hall–Kier alpha value is -3.78. The molecule has 0 radical (unpaired) electrons. The molecule has 0 spiro atoms. The molecule has 8 nitrogen and oxygen atoms in total. The van der Waals surface area contributed by atoms with Gasteiger partial charge in [-0.3, -0.25) is 9.59 Å². The number of carbonyl (C=O) groups is 2. The monoisotopic (exact) mass is 713 g/mol. The summed E-state index contributed by atoms with van der Waals surface area (Å²) in [6.45, 7) is 6.45. The topological polar surface area (TPSA) is 98.8 Å². The minimum atomic E-state index is -3.72. The molecule has 48 heavy (non-hydrogen) atoms. The summed E-state index contributed by atoms with van der Waals surface area (Å²) in [7, 11) is 0.123. The van der Waals surface area contributed by atoms with Crippen LogP contribution in [-0.2, 0) is 15.8 Å². The van der Waals surface area contributed by atoms with E-state index in [1.54, 1.807) is 24.5 Å². The highest BCUT2D eigenvalue weighted by Crippen LogP contribution is 2.37. The fourth-order valence-electron chi connectivity index (χ4n) is 5.47. The Morgan fingerprint density at radius 3 is 2.10 bits per heavy atom. The van der Waals surface area contributed by atoms with Crippen LogP contribution >= 0.6 is 23.1 Å². The van der Waals surface area contributed by atoms with Crippen LogP contribution in [0.15, 0.2) is 83.2 Å². The predicted octanol–water partition coefficient (Wildman–Crippen LogP) is 6.74. The van der Waals surface area contributed by atoms with E-state index in [1.165, 1.54) is 26.0 Å². The van der Waals surface area contributed by atoms with Gasteiger partial charge in [-0.25, -0.2) is 4.98 Å². The van der Waals surface area contributed by atoms with Crippen LogP contribution in [-0.4, -0.2) is 58.1 Å². The van der Waals surface area contributed by atoms with E-state index in [9.17, 15) is 9.59 Å². The van der Waals surface area contributed by atoms with Crippen LogP contribution < -0.4 is 30.5 Å². The molecule has 0 aliphatic heterocycles. The molecule has 2 N–H and O–H groups in total. The average Bonchev–Trinajstić information content (AvgIpc) is 3.50. The fraction of sp³-hybridized carbons (Fsp3) is 0.343. The maximum absolute atomic E-state index is 15.3. The number of methoxy groups -OCH3 is 2. The first-order valence-electron chi connectivity index (χ1n) is 15.3. The minimum absolute atomic E-state index is 0.0375. The third-order valence-electron chi connectivity index (χ3n) is 7.86. The molecule has 0 saturated heterocycles. The molecule has 0 aliphatic carbocycles. The number of hydrogen-bond acceptors (Lipinski definition) is 8. The molecule has 2 amide bonds. The van der Waals surface area contributed by atoms with Crippen molar-refractivity contribution in [3.63, 3.8) is 0 Å². The van der Waals surface area contributed by atoms with Crippen LogP contribution in [0, 0.1) is 0 Å². The van der Waals surface area contributed by atoms with E-state index in [0.29, 0.717) is 21.4 Å². The van der Waals surface area contributed by atoms with Gasteiger partial charge in [-0.05, 0) is 40.2 Å². The van der Waals surface area contributed by atoms with Gasteiger partial charge in [-0.15, -0.1) is 0 Å². The molecule has 1 aromatic heterocycles. The lowest BCUT2D eigenvalue weighted by molar-refractivity contribution is -0.140. The van der Waals surface area contributed by atoms with E-state index in [4.69, 9.17) is 13.9 Å². The van der Waals surface area contributed by atoms with Gasteiger partial charge in [-0.1, -0.05) is 105 Å². The van der Waals surface area contributed by atoms with Gasteiger partial charge < -0.3 is 24.5 Å². The summed E-state index contributed by atoms with van der Waals surface area (Å²) in [5.41, 5.74) is 0.528.